The molecular weight excluding hydrogens is 373 g/mol. The van der Waals surface area contributed by atoms with Crippen molar-refractivity contribution in [2.24, 2.45) is 11.3 Å². The largest absolute Gasteiger partial charge is 1.00 e. The summed E-state index contributed by atoms with van der Waals surface area (Å²) < 4.78 is 21.5. The second-order valence-corrected chi connectivity index (χ2v) is 9.57. The predicted octanol–water partition coefficient (Wildman–Crippen LogP) is -9.38. The summed E-state index contributed by atoms with van der Waals surface area (Å²) in [5.41, 5.74) is 0.100. The summed E-state index contributed by atoms with van der Waals surface area (Å²) in [5.74, 6) is 0.230. The third-order valence-electron chi connectivity index (χ3n) is 2.65. The normalized spacial score (nSPS) is 13.6. The van der Waals surface area contributed by atoms with Crippen molar-refractivity contribution in [3.05, 3.63) is 0 Å². The fourth-order valence-corrected chi connectivity index (χ4v) is 3.85. The van der Waals surface area contributed by atoms with E-state index in [2.05, 4.69) is 20.8 Å². The quantitative estimate of drug-likeness (QED) is 0.294. The molecule has 0 saturated heterocycles. The van der Waals surface area contributed by atoms with Gasteiger partial charge in [-0.25, -0.2) is 0 Å². The van der Waals surface area contributed by atoms with Gasteiger partial charge in [0, 0.05) is 12.6 Å². The first-order valence-corrected chi connectivity index (χ1v) is 9.88. The summed E-state index contributed by atoms with van der Waals surface area (Å²) in [6.45, 7) is 8.25. The fourth-order valence-electron chi connectivity index (χ4n) is 2.23. The molecule has 12 heteroatoms. The molecular formula is C11H24NNa3O6P2. The van der Waals surface area contributed by atoms with Crippen LogP contribution in [0.25, 0.3) is 0 Å². The Morgan fingerprint density at radius 1 is 0.957 bits per heavy atom. The van der Waals surface area contributed by atoms with Crippen LogP contribution >= 0.6 is 15.2 Å². The predicted molar refractivity (Wildman–Crippen MR) is 70.6 cm³/mol. The maximum absolute atomic E-state index is 10.7. The van der Waals surface area contributed by atoms with Gasteiger partial charge in [-0.05, 0) is 30.7 Å². The molecule has 122 valence electrons. The molecule has 0 aromatic rings. The van der Waals surface area contributed by atoms with E-state index in [0.29, 0.717) is 6.42 Å². The van der Waals surface area contributed by atoms with Gasteiger partial charge >= 0.3 is 90.1 Å². The van der Waals surface area contributed by atoms with Gasteiger partial charge in [0.25, 0.3) is 0 Å². The Hall–Kier alpha value is 3.26. The summed E-state index contributed by atoms with van der Waals surface area (Å²) in [7, 11) is -9.76. The first-order valence-electron chi connectivity index (χ1n) is 6.42. The molecule has 1 unspecified atom stereocenters. The minimum atomic E-state index is -4.88. The molecule has 0 amide bonds. The average molecular weight is 397 g/mol. The zero-order valence-corrected chi connectivity index (χ0v) is 23.2. The van der Waals surface area contributed by atoms with Crippen LogP contribution in [0, 0.1) is 11.3 Å². The SMILES string of the molecule is CC(CCN(CP(=O)([O-])[O-])CP(=O)([O-])[O-])CC(C)(C)C.[H+].[Na+].[Na+].[Na+]. The average Bonchev–Trinajstić information content (AvgIpc) is 2.06. The van der Waals surface area contributed by atoms with E-state index in [1.807, 2.05) is 6.92 Å². The number of rotatable bonds is 8. The standard InChI is InChI=1S/C11H27NO6P2.3Na/c1-10(7-11(2,3)4)5-6-12(8-19(13,14)15)9-20(16,17)18;;;/h10H,5-9H2,1-4H3,(H2,13,14,15)(H2,16,17,18);;;/q;3*+1/p-3. The van der Waals surface area contributed by atoms with E-state index in [-0.39, 0.29) is 108 Å². The fraction of sp³-hybridized carbons (Fsp3) is 1.00. The summed E-state index contributed by atoms with van der Waals surface area (Å²) in [6, 6.07) is 0. The van der Waals surface area contributed by atoms with Gasteiger partial charge in [-0.1, -0.05) is 42.9 Å². The molecule has 0 spiro atoms. The maximum atomic E-state index is 10.7. The van der Waals surface area contributed by atoms with E-state index in [0.717, 1.165) is 11.3 Å². The van der Waals surface area contributed by atoms with E-state index >= 15 is 0 Å². The van der Waals surface area contributed by atoms with Gasteiger partial charge in [-0.15, -0.1) is 0 Å². The molecule has 0 heterocycles. The van der Waals surface area contributed by atoms with Gasteiger partial charge in [0.1, 0.15) is 0 Å². The number of hydrogen-bond acceptors (Lipinski definition) is 7. The summed E-state index contributed by atoms with van der Waals surface area (Å²) in [4.78, 5) is 43.9. The van der Waals surface area contributed by atoms with Crippen molar-refractivity contribution < 1.29 is 119 Å². The molecule has 0 aliphatic carbocycles. The third-order valence-corrected chi connectivity index (χ3v) is 4.14. The van der Waals surface area contributed by atoms with Crippen molar-refractivity contribution in [3.8, 4) is 0 Å². The van der Waals surface area contributed by atoms with Gasteiger partial charge in [-0.3, -0.25) is 4.90 Å². The molecule has 7 nitrogen and oxygen atoms in total. The van der Waals surface area contributed by atoms with Crippen LogP contribution in [-0.4, -0.2) is 24.0 Å². The van der Waals surface area contributed by atoms with Gasteiger partial charge in [0.15, 0.2) is 0 Å². The van der Waals surface area contributed by atoms with Gasteiger partial charge in [-0.2, -0.15) is 0 Å². The molecule has 1 atom stereocenters. The van der Waals surface area contributed by atoms with Gasteiger partial charge < -0.3 is 28.7 Å². The number of nitrogens with zero attached hydrogens (tertiary/aromatic N) is 1. The van der Waals surface area contributed by atoms with Gasteiger partial charge in [0.05, 0.1) is 0 Å². The minimum absolute atomic E-state index is 0. The number of hydrogen-bond donors (Lipinski definition) is 0. The zero-order valence-electron chi connectivity index (χ0n) is 16.4. The van der Waals surface area contributed by atoms with Crippen molar-refractivity contribution in [3.63, 3.8) is 0 Å². The van der Waals surface area contributed by atoms with E-state index in [4.69, 9.17) is 0 Å². The Morgan fingerprint density at radius 3 is 1.57 bits per heavy atom. The molecule has 0 saturated carbocycles. The summed E-state index contributed by atoms with van der Waals surface area (Å²) in [6.07, 6.45) is -0.454. The van der Waals surface area contributed by atoms with Crippen molar-refractivity contribution in [1.29, 1.82) is 0 Å². The molecule has 0 fully saturated rings. The van der Waals surface area contributed by atoms with E-state index in [1.54, 1.807) is 0 Å². The van der Waals surface area contributed by atoms with Crippen LogP contribution in [0.1, 0.15) is 42.0 Å². The van der Waals surface area contributed by atoms with Crippen LogP contribution in [0.4, 0.5) is 0 Å². The van der Waals surface area contributed by atoms with Gasteiger partial charge in [0.2, 0.25) is 0 Å². The Bertz CT molecular complexity index is 378. The van der Waals surface area contributed by atoms with Crippen LogP contribution in [0.15, 0.2) is 0 Å². The zero-order chi connectivity index (χ0) is 16.2. The van der Waals surface area contributed by atoms with Crippen LogP contribution < -0.4 is 108 Å². The monoisotopic (exact) mass is 397 g/mol. The molecule has 0 aromatic carbocycles. The van der Waals surface area contributed by atoms with Crippen LogP contribution in [0.5, 0.6) is 0 Å². The minimum Gasteiger partial charge on any atom is -0.810 e. The van der Waals surface area contributed by atoms with Crippen molar-refractivity contribution in [1.82, 2.24) is 4.90 Å². The summed E-state index contributed by atoms with van der Waals surface area (Å²) >= 11 is 0. The van der Waals surface area contributed by atoms with Crippen LogP contribution in [-0.2, 0) is 9.13 Å². The van der Waals surface area contributed by atoms with Crippen molar-refractivity contribution in [2.75, 3.05) is 19.1 Å². The van der Waals surface area contributed by atoms with Crippen molar-refractivity contribution >= 4 is 15.2 Å². The molecule has 0 aromatic heterocycles. The maximum Gasteiger partial charge on any atom is 1.00 e. The molecule has 0 bridgehead atoms. The van der Waals surface area contributed by atoms with E-state index < -0.39 is 27.8 Å². The topological polar surface area (TPSA) is 130 Å². The van der Waals surface area contributed by atoms with E-state index in [1.165, 1.54) is 0 Å². The molecule has 0 rings (SSSR count). The Balaban J connectivity index is -0.000000301. The molecule has 23 heavy (non-hydrogen) atoms. The molecule has 0 aliphatic heterocycles. The van der Waals surface area contributed by atoms with Crippen LogP contribution in [0.3, 0.4) is 0 Å². The molecule has 0 aliphatic rings. The Morgan fingerprint density at radius 2 is 1.30 bits per heavy atom. The third kappa shape index (κ3) is 25.3. The molecule has 0 N–H and O–H groups in total. The first-order chi connectivity index (χ1) is 8.68. The smallest absolute Gasteiger partial charge is 0.810 e. The Kier molecular flexibility index (Phi) is 21.0. The second-order valence-electron chi connectivity index (χ2n) is 6.56. The Labute approximate surface area is 207 Å². The van der Waals surface area contributed by atoms with Crippen molar-refractivity contribution in [2.45, 2.75) is 40.5 Å². The van der Waals surface area contributed by atoms with E-state index in [9.17, 15) is 28.7 Å². The summed E-state index contributed by atoms with van der Waals surface area (Å²) in [5, 5.41) is 0. The second kappa shape index (κ2) is 14.3. The van der Waals surface area contributed by atoms with Crippen LogP contribution in [0.2, 0.25) is 0 Å². The first kappa shape index (κ1) is 33.8. The molecule has 0 radical (unpaired) electrons.